The van der Waals surface area contributed by atoms with Crippen LogP contribution >= 0.6 is 11.6 Å². The van der Waals surface area contributed by atoms with Crippen LogP contribution in [0.15, 0.2) is 18.3 Å². The molecule has 1 saturated carbocycles. The molecule has 0 saturated heterocycles. The van der Waals surface area contributed by atoms with Gasteiger partial charge in [-0.05, 0) is 25.0 Å². The van der Waals surface area contributed by atoms with E-state index in [2.05, 4.69) is 10.1 Å². The Hall–Kier alpha value is -1.13. The molecule has 1 aliphatic rings. The van der Waals surface area contributed by atoms with Crippen molar-refractivity contribution in [2.75, 3.05) is 6.61 Å². The lowest BCUT2D eigenvalue weighted by molar-refractivity contribution is 0.250. The number of aliphatic hydroxyl groups excluding tert-OH is 1. The second-order valence-electron chi connectivity index (χ2n) is 4.02. The molecule has 0 spiro atoms. The zero-order valence-electron chi connectivity index (χ0n) is 8.02. The van der Waals surface area contributed by atoms with Gasteiger partial charge in [0.05, 0.1) is 17.0 Å². The first-order valence-corrected chi connectivity index (χ1v) is 5.25. The van der Waals surface area contributed by atoms with Crippen molar-refractivity contribution in [3.8, 4) is 0 Å². The minimum absolute atomic E-state index is 0.123. The Balaban J connectivity index is 2.14. The molecule has 0 unspecified atom stereocenters. The van der Waals surface area contributed by atoms with Crippen LogP contribution in [0, 0.1) is 0 Å². The van der Waals surface area contributed by atoms with Gasteiger partial charge in [0.15, 0.2) is 11.5 Å². The molecule has 0 radical (unpaired) electrons. The van der Waals surface area contributed by atoms with Crippen LogP contribution in [0.1, 0.15) is 18.7 Å². The maximum atomic E-state index is 9.27. The summed E-state index contributed by atoms with van der Waals surface area (Å²) >= 11 is 5.85. The molecule has 5 heteroatoms. The van der Waals surface area contributed by atoms with Crippen LogP contribution in [0.5, 0.6) is 0 Å². The number of halogens is 1. The Morgan fingerprint density at radius 1 is 1.47 bits per heavy atom. The molecular formula is C10H10ClN3O. The summed E-state index contributed by atoms with van der Waals surface area (Å²) in [5.41, 5.74) is 0.590. The fourth-order valence-corrected chi connectivity index (χ4v) is 1.84. The van der Waals surface area contributed by atoms with Crippen LogP contribution in [0.2, 0.25) is 5.02 Å². The number of rotatable bonds is 2. The highest BCUT2D eigenvalue weighted by molar-refractivity contribution is 6.30. The van der Waals surface area contributed by atoms with E-state index in [1.54, 1.807) is 16.8 Å². The summed E-state index contributed by atoms with van der Waals surface area (Å²) in [6.07, 6.45) is 3.66. The number of hydrogen-bond donors (Lipinski definition) is 1. The quantitative estimate of drug-likeness (QED) is 0.838. The molecule has 0 atom stereocenters. The number of aromatic nitrogens is 3. The summed E-state index contributed by atoms with van der Waals surface area (Å²) in [4.78, 5) is 4.39. The van der Waals surface area contributed by atoms with Crippen LogP contribution in [-0.2, 0) is 5.41 Å². The van der Waals surface area contributed by atoms with Crippen LogP contribution in [-0.4, -0.2) is 26.3 Å². The van der Waals surface area contributed by atoms with Gasteiger partial charge in [0.25, 0.3) is 0 Å². The summed E-state index contributed by atoms with van der Waals surface area (Å²) in [5, 5.41) is 14.2. The summed E-state index contributed by atoms with van der Waals surface area (Å²) in [7, 11) is 0. The molecule has 3 rings (SSSR count). The molecule has 2 aromatic heterocycles. The zero-order chi connectivity index (χ0) is 10.5. The number of pyridine rings is 1. The Morgan fingerprint density at radius 3 is 2.93 bits per heavy atom. The summed E-state index contributed by atoms with van der Waals surface area (Å²) in [5.74, 6) is 0.729. The standard InChI is InChI=1S/C10H10ClN3O/c11-7-1-2-8-12-9(13-14(8)5-7)10(6-15)3-4-10/h1-2,5,15H,3-4,6H2. The SMILES string of the molecule is OCC1(c2nc3ccc(Cl)cn3n2)CC1. The van der Waals surface area contributed by atoms with Gasteiger partial charge in [-0.2, -0.15) is 5.10 Å². The van der Waals surface area contributed by atoms with Crippen molar-refractivity contribution >= 4 is 17.2 Å². The van der Waals surface area contributed by atoms with Gasteiger partial charge in [-0.3, -0.25) is 0 Å². The number of hydrogen-bond acceptors (Lipinski definition) is 3. The maximum Gasteiger partial charge on any atom is 0.160 e. The van der Waals surface area contributed by atoms with E-state index in [4.69, 9.17) is 11.6 Å². The molecule has 2 heterocycles. The van der Waals surface area contributed by atoms with E-state index in [0.29, 0.717) is 5.02 Å². The first kappa shape index (κ1) is 9.12. The van der Waals surface area contributed by atoms with Gasteiger partial charge in [-0.15, -0.1) is 0 Å². The predicted octanol–water partition coefficient (Wildman–Crippen LogP) is 1.41. The van der Waals surface area contributed by atoms with Gasteiger partial charge >= 0.3 is 0 Å². The Morgan fingerprint density at radius 2 is 2.27 bits per heavy atom. The van der Waals surface area contributed by atoms with E-state index in [9.17, 15) is 5.11 Å². The van der Waals surface area contributed by atoms with Gasteiger partial charge in [-0.25, -0.2) is 9.50 Å². The van der Waals surface area contributed by atoms with E-state index in [-0.39, 0.29) is 12.0 Å². The van der Waals surface area contributed by atoms with E-state index in [1.165, 1.54) is 0 Å². The molecule has 1 aliphatic carbocycles. The lowest BCUT2D eigenvalue weighted by Gasteiger charge is -2.03. The molecule has 1 fully saturated rings. The van der Waals surface area contributed by atoms with Crippen molar-refractivity contribution < 1.29 is 5.11 Å². The normalized spacial score (nSPS) is 18.3. The third-order valence-electron chi connectivity index (χ3n) is 2.93. The molecule has 0 aliphatic heterocycles. The minimum Gasteiger partial charge on any atom is -0.395 e. The Kier molecular flexibility index (Phi) is 1.78. The second kappa shape index (κ2) is 2.93. The highest BCUT2D eigenvalue weighted by Crippen LogP contribution is 2.46. The van der Waals surface area contributed by atoms with Crippen molar-refractivity contribution in [1.29, 1.82) is 0 Å². The molecule has 78 valence electrons. The van der Waals surface area contributed by atoms with Crippen molar-refractivity contribution in [1.82, 2.24) is 14.6 Å². The lowest BCUT2D eigenvalue weighted by Crippen LogP contribution is -2.14. The van der Waals surface area contributed by atoms with Gasteiger partial charge in [0, 0.05) is 6.20 Å². The van der Waals surface area contributed by atoms with E-state index in [0.717, 1.165) is 24.3 Å². The number of fused-ring (bicyclic) bond motifs is 1. The largest absolute Gasteiger partial charge is 0.395 e. The molecule has 4 nitrogen and oxygen atoms in total. The summed E-state index contributed by atoms with van der Waals surface area (Å²) in [6.45, 7) is 0.123. The predicted molar refractivity (Wildman–Crippen MR) is 56.0 cm³/mol. The van der Waals surface area contributed by atoms with Crippen LogP contribution in [0.3, 0.4) is 0 Å². The molecular weight excluding hydrogens is 214 g/mol. The van der Waals surface area contributed by atoms with E-state index in [1.807, 2.05) is 6.07 Å². The monoisotopic (exact) mass is 223 g/mol. The van der Waals surface area contributed by atoms with Gasteiger partial charge in [-0.1, -0.05) is 11.6 Å². The molecule has 0 amide bonds. The maximum absolute atomic E-state index is 9.27. The Bertz CT molecular complexity index is 518. The minimum atomic E-state index is -0.182. The number of nitrogens with zero attached hydrogens (tertiary/aromatic N) is 3. The van der Waals surface area contributed by atoms with Crippen LogP contribution in [0.4, 0.5) is 0 Å². The zero-order valence-corrected chi connectivity index (χ0v) is 8.78. The topological polar surface area (TPSA) is 50.4 Å². The molecule has 1 N–H and O–H groups in total. The summed E-state index contributed by atoms with van der Waals surface area (Å²) < 4.78 is 1.66. The van der Waals surface area contributed by atoms with Gasteiger partial charge in [0.2, 0.25) is 0 Å². The average molecular weight is 224 g/mol. The van der Waals surface area contributed by atoms with Crippen LogP contribution in [0.25, 0.3) is 5.65 Å². The van der Waals surface area contributed by atoms with E-state index >= 15 is 0 Å². The van der Waals surface area contributed by atoms with Crippen molar-refractivity contribution in [2.24, 2.45) is 0 Å². The first-order chi connectivity index (χ1) is 7.23. The van der Waals surface area contributed by atoms with Crippen molar-refractivity contribution in [3.05, 3.63) is 29.2 Å². The first-order valence-electron chi connectivity index (χ1n) is 4.87. The highest BCUT2D eigenvalue weighted by atomic mass is 35.5. The van der Waals surface area contributed by atoms with Crippen LogP contribution < -0.4 is 0 Å². The van der Waals surface area contributed by atoms with Gasteiger partial charge in [0.1, 0.15) is 0 Å². The van der Waals surface area contributed by atoms with Crippen molar-refractivity contribution in [2.45, 2.75) is 18.3 Å². The molecule has 15 heavy (non-hydrogen) atoms. The Labute approximate surface area is 91.5 Å². The molecule has 0 bridgehead atoms. The number of aliphatic hydroxyl groups is 1. The fraction of sp³-hybridized carbons (Fsp3) is 0.400. The third-order valence-corrected chi connectivity index (χ3v) is 3.15. The second-order valence-corrected chi connectivity index (χ2v) is 4.46. The highest BCUT2D eigenvalue weighted by Gasteiger charge is 2.47. The average Bonchev–Trinajstić information content (AvgIpc) is 2.93. The summed E-state index contributed by atoms with van der Waals surface area (Å²) in [6, 6.07) is 3.61. The van der Waals surface area contributed by atoms with Crippen molar-refractivity contribution in [3.63, 3.8) is 0 Å². The molecule has 0 aromatic carbocycles. The third kappa shape index (κ3) is 1.33. The molecule has 2 aromatic rings. The fourth-order valence-electron chi connectivity index (χ4n) is 1.69. The van der Waals surface area contributed by atoms with Gasteiger partial charge < -0.3 is 5.11 Å². The smallest absolute Gasteiger partial charge is 0.160 e. The lowest BCUT2D eigenvalue weighted by atomic mass is 10.1. The van der Waals surface area contributed by atoms with E-state index < -0.39 is 0 Å².